The van der Waals surface area contributed by atoms with Crippen LogP contribution in [-0.4, -0.2) is 9.97 Å². The Morgan fingerprint density at radius 2 is 2.19 bits per heavy atom. The Kier molecular flexibility index (Phi) is 3.48. The Bertz CT molecular complexity index is 491. The lowest BCUT2D eigenvalue weighted by atomic mass is 10.2. The molecule has 0 spiro atoms. The van der Waals surface area contributed by atoms with Crippen molar-refractivity contribution >= 4 is 28.3 Å². The van der Waals surface area contributed by atoms with Gasteiger partial charge in [0.25, 0.3) is 0 Å². The summed E-state index contributed by atoms with van der Waals surface area (Å²) in [7, 11) is 0. The van der Waals surface area contributed by atoms with Crippen molar-refractivity contribution in [3.05, 3.63) is 45.0 Å². The highest BCUT2D eigenvalue weighted by Crippen LogP contribution is 2.17. The maximum atomic E-state index is 4.25. The number of hydrogen-bond donors (Lipinski definition) is 2. The van der Waals surface area contributed by atoms with E-state index < -0.39 is 0 Å². The van der Waals surface area contributed by atoms with E-state index >= 15 is 0 Å². The van der Waals surface area contributed by atoms with Gasteiger partial charge in [-0.15, -0.1) is 0 Å². The molecule has 84 valence electrons. The number of nitrogens with zero attached hydrogens (tertiary/aromatic N) is 1. The number of nitrogens with one attached hydrogen (secondary N) is 2. The van der Waals surface area contributed by atoms with Crippen LogP contribution in [0.3, 0.4) is 0 Å². The molecule has 0 aliphatic heterocycles. The van der Waals surface area contributed by atoms with Gasteiger partial charge in [-0.25, -0.2) is 4.98 Å². The van der Waals surface area contributed by atoms with E-state index in [9.17, 15) is 0 Å². The van der Waals surface area contributed by atoms with Gasteiger partial charge in [-0.3, -0.25) is 0 Å². The average Bonchev–Trinajstić information content (AvgIpc) is 2.66. The molecule has 0 aliphatic carbocycles. The summed E-state index contributed by atoms with van der Waals surface area (Å²) in [5, 5.41) is 3.37. The molecule has 3 nitrogen and oxygen atoms in total. The Morgan fingerprint density at radius 3 is 2.81 bits per heavy atom. The van der Waals surface area contributed by atoms with Crippen molar-refractivity contribution in [3.8, 4) is 0 Å². The molecule has 0 saturated carbocycles. The Hall–Kier alpha value is -1.04. The van der Waals surface area contributed by atoms with Gasteiger partial charge in [0, 0.05) is 15.0 Å². The van der Waals surface area contributed by atoms with Crippen molar-refractivity contribution in [1.82, 2.24) is 9.97 Å². The number of aromatic nitrogens is 2. The summed E-state index contributed by atoms with van der Waals surface area (Å²) in [5.74, 6) is 0. The molecule has 4 heteroatoms. The molecule has 0 unspecified atom stereocenters. The molecule has 0 aliphatic rings. The van der Waals surface area contributed by atoms with E-state index in [1.165, 1.54) is 9.13 Å². The molecule has 1 aromatic heterocycles. The summed E-state index contributed by atoms with van der Waals surface area (Å²) in [6, 6.07) is 6.37. The molecule has 0 radical (unpaired) electrons. The van der Waals surface area contributed by atoms with Crippen LogP contribution >= 0.6 is 22.6 Å². The highest BCUT2D eigenvalue weighted by Gasteiger charge is 2.01. The van der Waals surface area contributed by atoms with Gasteiger partial charge in [-0.1, -0.05) is 6.07 Å². The summed E-state index contributed by atoms with van der Waals surface area (Å²) in [5.41, 5.74) is 4.63. The molecule has 0 amide bonds. The summed E-state index contributed by atoms with van der Waals surface area (Å²) in [6.45, 7) is 4.90. The Morgan fingerprint density at radius 1 is 1.38 bits per heavy atom. The smallest absolute Gasteiger partial charge is 0.0925 e. The molecule has 0 atom stereocenters. The second-order valence-electron chi connectivity index (χ2n) is 3.79. The lowest BCUT2D eigenvalue weighted by Crippen LogP contribution is -2.01. The lowest BCUT2D eigenvalue weighted by Gasteiger charge is -2.07. The number of halogens is 1. The molecular weight excluding hydrogens is 313 g/mol. The van der Waals surface area contributed by atoms with Crippen LogP contribution in [-0.2, 0) is 6.54 Å². The van der Waals surface area contributed by atoms with E-state index in [2.05, 4.69) is 63.0 Å². The minimum absolute atomic E-state index is 0.758. The molecule has 16 heavy (non-hydrogen) atoms. The average molecular weight is 327 g/mol. The van der Waals surface area contributed by atoms with Crippen LogP contribution < -0.4 is 5.32 Å². The highest BCUT2D eigenvalue weighted by molar-refractivity contribution is 14.1. The summed E-state index contributed by atoms with van der Waals surface area (Å²) < 4.78 is 1.28. The van der Waals surface area contributed by atoms with Crippen LogP contribution in [0.4, 0.5) is 5.69 Å². The zero-order chi connectivity index (χ0) is 11.5. The fourth-order valence-electron chi connectivity index (χ4n) is 1.45. The van der Waals surface area contributed by atoms with Gasteiger partial charge in [-0.2, -0.15) is 0 Å². The maximum Gasteiger partial charge on any atom is 0.0925 e. The van der Waals surface area contributed by atoms with Gasteiger partial charge in [0.05, 0.1) is 18.6 Å². The highest BCUT2D eigenvalue weighted by atomic mass is 127. The van der Waals surface area contributed by atoms with E-state index in [0.717, 1.165) is 23.6 Å². The number of hydrogen-bond acceptors (Lipinski definition) is 2. The third kappa shape index (κ3) is 2.55. The zero-order valence-corrected chi connectivity index (χ0v) is 11.5. The van der Waals surface area contributed by atoms with E-state index in [4.69, 9.17) is 0 Å². The summed E-state index contributed by atoms with van der Waals surface area (Å²) in [6.07, 6.45) is 1.73. The van der Waals surface area contributed by atoms with Crippen LogP contribution in [0.15, 0.2) is 24.5 Å². The van der Waals surface area contributed by atoms with E-state index in [-0.39, 0.29) is 0 Å². The van der Waals surface area contributed by atoms with Crippen LogP contribution in [0.1, 0.15) is 17.0 Å². The number of aryl methyl sites for hydroxylation is 2. The quantitative estimate of drug-likeness (QED) is 0.850. The fourth-order valence-corrected chi connectivity index (χ4v) is 1.97. The molecule has 2 rings (SSSR count). The third-order valence-electron chi connectivity index (χ3n) is 2.57. The monoisotopic (exact) mass is 327 g/mol. The zero-order valence-electron chi connectivity index (χ0n) is 9.34. The molecule has 1 aromatic carbocycles. The number of aromatic amines is 1. The first-order chi connectivity index (χ1) is 7.66. The minimum atomic E-state index is 0.758. The number of anilines is 1. The number of imidazole rings is 1. The van der Waals surface area contributed by atoms with E-state index in [1.807, 2.05) is 6.92 Å². The number of rotatable bonds is 3. The van der Waals surface area contributed by atoms with Gasteiger partial charge >= 0.3 is 0 Å². The van der Waals surface area contributed by atoms with E-state index in [1.54, 1.807) is 6.33 Å². The first kappa shape index (κ1) is 11.4. The van der Waals surface area contributed by atoms with Crippen molar-refractivity contribution in [2.75, 3.05) is 5.32 Å². The summed E-state index contributed by atoms with van der Waals surface area (Å²) >= 11 is 2.35. The number of benzene rings is 1. The predicted octanol–water partition coefficient (Wildman–Crippen LogP) is 3.24. The van der Waals surface area contributed by atoms with Crippen molar-refractivity contribution in [3.63, 3.8) is 0 Å². The molecule has 2 N–H and O–H groups in total. The van der Waals surface area contributed by atoms with Crippen LogP contribution in [0.2, 0.25) is 0 Å². The van der Waals surface area contributed by atoms with Crippen molar-refractivity contribution in [1.29, 1.82) is 0 Å². The molecular formula is C12H14IN3. The molecule has 1 heterocycles. The largest absolute Gasteiger partial charge is 0.379 e. The van der Waals surface area contributed by atoms with Gasteiger partial charge in [0.2, 0.25) is 0 Å². The second-order valence-corrected chi connectivity index (χ2v) is 4.95. The maximum absolute atomic E-state index is 4.25. The van der Waals surface area contributed by atoms with Gasteiger partial charge in [-0.05, 0) is 54.1 Å². The fraction of sp³-hybridized carbons (Fsp3) is 0.250. The molecule has 0 fully saturated rings. The minimum Gasteiger partial charge on any atom is -0.379 e. The first-order valence-corrected chi connectivity index (χ1v) is 6.23. The van der Waals surface area contributed by atoms with Crippen molar-refractivity contribution in [2.45, 2.75) is 20.4 Å². The van der Waals surface area contributed by atoms with Crippen LogP contribution in [0.5, 0.6) is 0 Å². The third-order valence-corrected chi connectivity index (χ3v) is 3.73. The van der Waals surface area contributed by atoms with Crippen LogP contribution in [0, 0.1) is 17.4 Å². The lowest BCUT2D eigenvalue weighted by molar-refractivity contribution is 1.05. The molecule has 2 aromatic rings. The van der Waals surface area contributed by atoms with Gasteiger partial charge < -0.3 is 10.3 Å². The van der Waals surface area contributed by atoms with Crippen LogP contribution in [0.25, 0.3) is 0 Å². The molecule has 0 saturated heterocycles. The second kappa shape index (κ2) is 4.86. The summed E-state index contributed by atoms with van der Waals surface area (Å²) in [4.78, 5) is 7.32. The van der Waals surface area contributed by atoms with Gasteiger partial charge in [0.15, 0.2) is 0 Å². The standard InChI is InChI=1S/C12H14IN3/c1-8-3-4-10(5-11(8)13)14-6-12-9(2)15-7-16-12/h3-5,7,14H,6H2,1-2H3,(H,15,16). The topological polar surface area (TPSA) is 40.7 Å². The Balaban J connectivity index is 2.05. The van der Waals surface area contributed by atoms with Gasteiger partial charge in [0.1, 0.15) is 0 Å². The SMILES string of the molecule is Cc1ccc(NCc2nc[nH]c2C)cc1I. The normalized spacial score (nSPS) is 10.4. The Labute approximate surface area is 109 Å². The molecule has 0 bridgehead atoms. The number of H-pyrrole nitrogens is 1. The predicted molar refractivity (Wildman–Crippen MR) is 74.5 cm³/mol. The van der Waals surface area contributed by atoms with E-state index in [0.29, 0.717) is 0 Å². The van der Waals surface area contributed by atoms with Crippen molar-refractivity contribution in [2.24, 2.45) is 0 Å². The first-order valence-electron chi connectivity index (χ1n) is 5.15. The van der Waals surface area contributed by atoms with Crippen molar-refractivity contribution < 1.29 is 0 Å².